The Morgan fingerprint density at radius 3 is 2.71 bits per heavy atom. The van der Waals surface area contributed by atoms with E-state index in [0.717, 1.165) is 0 Å². The van der Waals surface area contributed by atoms with Crippen LogP contribution in [0.1, 0.15) is 26.7 Å². The number of nitrogens with one attached hydrogen (secondary N) is 1. The summed E-state index contributed by atoms with van der Waals surface area (Å²) in [5.74, 6) is -1.000. The van der Waals surface area contributed by atoms with Gasteiger partial charge in [0.2, 0.25) is 5.91 Å². The van der Waals surface area contributed by atoms with E-state index in [-0.39, 0.29) is 36.3 Å². The molecule has 0 saturated heterocycles. The third-order valence-electron chi connectivity index (χ3n) is 2.57. The molecule has 0 radical (unpaired) electrons. The highest BCUT2D eigenvalue weighted by Crippen LogP contribution is 2.26. The number of ether oxygens (including phenoxy) is 1. The van der Waals surface area contributed by atoms with Gasteiger partial charge in [0.1, 0.15) is 11.8 Å². The number of halogens is 1. The Bertz CT molecular complexity index is 520. The van der Waals surface area contributed by atoms with E-state index in [4.69, 9.17) is 22.1 Å². The van der Waals surface area contributed by atoms with Crippen molar-refractivity contribution in [1.29, 1.82) is 0 Å². The first kappa shape index (κ1) is 17.3. The third kappa shape index (κ3) is 6.01. The van der Waals surface area contributed by atoms with Crippen LogP contribution in [-0.4, -0.2) is 29.1 Å². The van der Waals surface area contributed by atoms with E-state index in [9.17, 15) is 14.7 Å². The number of carbonyl (C=O) groups excluding carboxylic acids is 2. The number of hydrogen-bond acceptors (Lipinski definition) is 5. The zero-order chi connectivity index (χ0) is 16.0. The third-order valence-corrected chi connectivity index (χ3v) is 2.80. The molecular weight excluding hydrogens is 296 g/mol. The smallest absolute Gasteiger partial charge is 0.323 e. The highest BCUT2D eigenvalue weighted by molar-refractivity contribution is 6.31. The van der Waals surface area contributed by atoms with Crippen molar-refractivity contribution in [2.45, 2.75) is 38.8 Å². The van der Waals surface area contributed by atoms with Gasteiger partial charge in [0, 0.05) is 11.4 Å². The maximum atomic E-state index is 11.8. The van der Waals surface area contributed by atoms with Crippen LogP contribution in [0.5, 0.6) is 5.75 Å². The van der Waals surface area contributed by atoms with Crippen LogP contribution < -0.4 is 11.1 Å². The Balaban J connectivity index is 2.47. The van der Waals surface area contributed by atoms with E-state index < -0.39 is 12.0 Å². The fraction of sp³-hybridized carbons (Fsp3) is 0.429. The van der Waals surface area contributed by atoms with E-state index in [1.54, 1.807) is 13.8 Å². The lowest BCUT2D eigenvalue weighted by atomic mass is 10.1. The molecule has 0 heterocycles. The summed E-state index contributed by atoms with van der Waals surface area (Å²) < 4.78 is 4.94. The number of carbonyl (C=O) groups is 2. The number of hydrogen-bond donors (Lipinski definition) is 3. The van der Waals surface area contributed by atoms with Crippen molar-refractivity contribution >= 4 is 29.2 Å². The second-order valence-corrected chi connectivity index (χ2v) is 5.28. The van der Waals surface area contributed by atoms with Crippen molar-refractivity contribution in [3.8, 4) is 5.75 Å². The van der Waals surface area contributed by atoms with Crippen LogP contribution >= 0.6 is 11.6 Å². The lowest BCUT2D eigenvalue weighted by Gasteiger charge is -2.13. The van der Waals surface area contributed by atoms with Crippen LogP contribution in [0.4, 0.5) is 5.69 Å². The van der Waals surface area contributed by atoms with Crippen molar-refractivity contribution < 1.29 is 19.4 Å². The molecule has 1 aromatic carbocycles. The predicted molar refractivity (Wildman–Crippen MR) is 80.2 cm³/mol. The maximum absolute atomic E-state index is 11.8. The Morgan fingerprint density at radius 1 is 1.43 bits per heavy atom. The lowest BCUT2D eigenvalue weighted by Crippen LogP contribution is -2.34. The van der Waals surface area contributed by atoms with Crippen LogP contribution in [0.3, 0.4) is 0 Å². The second kappa shape index (κ2) is 7.85. The second-order valence-electron chi connectivity index (χ2n) is 4.84. The number of phenolic OH excluding ortho intramolecular Hbond substituents is 1. The van der Waals surface area contributed by atoms with E-state index in [2.05, 4.69) is 5.32 Å². The molecule has 0 aliphatic carbocycles. The minimum absolute atomic E-state index is 0.0281. The molecule has 0 fully saturated rings. The molecule has 0 unspecified atom stereocenters. The summed E-state index contributed by atoms with van der Waals surface area (Å²) in [5, 5.41) is 12.5. The van der Waals surface area contributed by atoms with Crippen LogP contribution in [0.2, 0.25) is 5.02 Å². The van der Waals surface area contributed by atoms with Gasteiger partial charge in [0.15, 0.2) is 0 Å². The predicted octanol–water partition coefficient (Wildman–Crippen LogP) is 2.04. The van der Waals surface area contributed by atoms with E-state index >= 15 is 0 Å². The summed E-state index contributed by atoms with van der Waals surface area (Å²) in [5.41, 5.74) is 5.85. The number of phenols is 1. The first-order valence-electron chi connectivity index (χ1n) is 6.54. The van der Waals surface area contributed by atoms with Crippen LogP contribution in [0.25, 0.3) is 0 Å². The molecule has 0 aromatic heterocycles. The minimum atomic E-state index is -0.855. The van der Waals surface area contributed by atoms with Crippen molar-refractivity contribution in [1.82, 2.24) is 0 Å². The van der Waals surface area contributed by atoms with Gasteiger partial charge in [-0.2, -0.15) is 0 Å². The Hall–Kier alpha value is -1.79. The minimum Gasteiger partial charge on any atom is -0.506 e. The summed E-state index contributed by atoms with van der Waals surface area (Å²) in [7, 11) is 0. The molecule has 1 amide bonds. The molecule has 1 aromatic rings. The first-order valence-corrected chi connectivity index (χ1v) is 6.92. The number of nitrogens with two attached hydrogens (primary N) is 1. The molecule has 7 heteroatoms. The van der Waals surface area contributed by atoms with Gasteiger partial charge in [0.25, 0.3) is 0 Å². The molecular formula is C14H19ClN2O4. The molecule has 0 aliphatic rings. The molecule has 1 rings (SSSR count). The molecule has 0 bridgehead atoms. The lowest BCUT2D eigenvalue weighted by molar-refractivity contribution is -0.149. The molecule has 0 spiro atoms. The van der Waals surface area contributed by atoms with Crippen molar-refractivity contribution in [3.05, 3.63) is 23.2 Å². The molecule has 4 N–H and O–H groups in total. The fourth-order valence-electron chi connectivity index (χ4n) is 1.55. The number of benzene rings is 1. The van der Waals surface area contributed by atoms with Crippen molar-refractivity contribution in [3.63, 3.8) is 0 Å². The van der Waals surface area contributed by atoms with Crippen LogP contribution in [0, 0.1) is 0 Å². The summed E-state index contributed by atoms with van der Waals surface area (Å²) in [4.78, 5) is 23.2. The molecule has 0 saturated carbocycles. The van der Waals surface area contributed by atoms with Gasteiger partial charge in [-0.3, -0.25) is 9.59 Å². The number of esters is 1. The largest absolute Gasteiger partial charge is 0.506 e. The standard InChI is InChI=1S/C14H19ClN2O4/c1-8(2)21-14(20)10(16)4-6-13(19)17-11-7-9(15)3-5-12(11)18/h3,5,7-8,10,18H,4,6,16H2,1-2H3,(H,17,19)/t10-/m0/s1. The monoisotopic (exact) mass is 314 g/mol. The number of rotatable bonds is 6. The van der Waals surface area contributed by atoms with Crippen molar-refractivity contribution in [2.75, 3.05) is 5.32 Å². The van der Waals surface area contributed by atoms with Gasteiger partial charge in [-0.15, -0.1) is 0 Å². The first-order chi connectivity index (χ1) is 9.79. The average molecular weight is 315 g/mol. The summed E-state index contributed by atoms with van der Waals surface area (Å²) >= 11 is 5.77. The molecule has 21 heavy (non-hydrogen) atoms. The summed E-state index contributed by atoms with van der Waals surface area (Å²) in [6.07, 6.45) is -0.0697. The number of aromatic hydroxyl groups is 1. The Morgan fingerprint density at radius 2 is 2.10 bits per heavy atom. The number of anilines is 1. The summed E-state index contributed by atoms with van der Waals surface area (Å²) in [6, 6.07) is 3.46. The topological polar surface area (TPSA) is 102 Å². The van der Waals surface area contributed by atoms with Gasteiger partial charge < -0.3 is 20.9 Å². The van der Waals surface area contributed by atoms with Gasteiger partial charge in [-0.05, 0) is 38.5 Å². The van der Waals surface area contributed by atoms with E-state index in [1.165, 1.54) is 18.2 Å². The van der Waals surface area contributed by atoms with E-state index in [0.29, 0.717) is 5.02 Å². The SMILES string of the molecule is CC(C)OC(=O)[C@@H](N)CCC(=O)Nc1cc(Cl)ccc1O. The fourth-order valence-corrected chi connectivity index (χ4v) is 1.72. The average Bonchev–Trinajstić information content (AvgIpc) is 2.39. The normalized spacial score (nSPS) is 12.0. The van der Waals surface area contributed by atoms with Gasteiger partial charge in [0.05, 0.1) is 11.8 Å². The van der Waals surface area contributed by atoms with Gasteiger partial charge >= 0.3 is 5.97 Å². The maximum Gasteiger partial charge on any atom is 0.323 e. The number of amides is 1. The van der Waals surface area contributed by atoms with E-state index in [1.807, 2.05) is 0 Å². The quantitative estimate of drug-likeness (QED) is 0.551. The molecule has 0 aliphatic heterocycles. The highest BCUT2D eigenvalue weighted by Gasteiger charge is 2.18. The van der Waals surface area contributed by atoms with Crippen molar-refractivity contribution in [2.24, 2.45) is 5.73 Å². The molecule has 1 atom stereocenters. The zero-order valence-corrected chi connectivity index (χ0v) is 12.7. The molecule has 6 nitrogen and oxygen atoms in total. The molecule has 116 valence electrons. The van der Waals surface area contributed by atoms with Gasteiger partial charge in [-0.1, -0.05) is 11.6 Å². The Labute approximate surface area is 128 Å². The van der Waals surface area contributed by atoms with Crippen LogP contribution in [-0.2, 0) is 14.3 Å². The summed E-state index contributed by atoms with van der Waals surface area (Å²) in [6.45, 7) is 3.44. The van der Waals surface area contributed by atoms with Crippen LogP contribution in [0.15, 0.2) is 18.2 Å². The van der Waals surface area contributed by atoms with Gasteiger partial charge in [-0.25, -0.2) is 0 Å². The zero-order valence-electron chi connectivity index (χ0n) is 11.9. The Kier molecular flexibility index (Phi) is 6.45. The highest BCUT2D eigenvalue weighted by atomic mass is 35.5.